The van der Waals surface area contributed by atoms with Crippen LogP contribution in [-0.2, 0) is 5.41 Å². The van der Waals surface area contributed by atoms with Gasteiger partial charge in [-0.05, 0) is 63.3 Å². The Kier molecular flexibility index (Phi) is 4.74. The van der Waals surface area contributed by atoms with E-state index in [0.29, 0.717) is 0 Å². The summed E-state index contributed by atoms with van der Waals surface area (Å²) in [7, 11) is 0. The predicted octanol–water partition coefficient (Wildman–Crippen LogP) is 10.1. The van der Waals surface area contributed by atoms with Crippen molar-refractivity contribution in [1.82, 2.24) is 0 Å². The Labute approximate surface area is 273 Å². The van der Waals surface area contributed by atoms with Gasteiger partial charge < -0.3 is 14.1 Å². The summed E-state index contributed by atoms with van der Waals surface area (Å²) in [4.78, 5) is 5.16. The zero-order valence-electron chi connectivity index (χ0n) is 26.2. The molecule has 8 aromatic rings. The monoisotopic (exact) mass is 600 g/mol. The molecule has 0 saturated heterocycles. The van der Waals surface area contributed by atoms with Crippen LogP contribution < -0.4 is 20.6 Å². The molecule has 7 aromatic carbocycles. The van der Waals surface area contributed by atoms with Gasteiger partial charge in [0.05, 0.1) is 17.1 Å². The third-order valence-corrected chi connectivity index (χ3v) is 11.0. The van der Waals surface area contributed by atoms with Gasteiger partial charge in [-0.25, -0.2) is 0 Å². The summed E-state index contributed by atoms with van der Waals surface area (Å²) >= 11 is 0. The van der Waals surface area contributed by atoms with Crippen LogP contribution in [0.5, 0.6) is 0 Å². The molecule has 0 saturated carbocycles. The minimum absolute atomic E-state index is 0.0643. The maximum atomic E-state index is 6.74. The second-order valence-corrected chi connectivity index (χ2v) is 13.7. The summed E-state index contributed by atoms with van der Waals surface area (Å²) < 4.78 is 6.74. The topological polar surface area (TPSA) is 19.6 Å². The van der Waals surface area contributed by atoms with Gasteiger partial charge in [-0.3, -0.25) is 0 Å². The van der Waals surface area contributed by atoms with Crippen molar-refractivity contribution in [3.63, 3.8) is 0 Å². The van der Waals surface area contributed by atoms with E-state index in [2.05, 4.69) is 163 Å². The molecule has 0 N–H and O–H groups in total. The lowest BCUT2D eigenvalue weighted by Gasteiger charge is -2.50. The zero-order valence-corrected chi connectivity index (χ0v) is 26.2. The highest BCUT2D eigenvalue weighted by molar-refractivity contribution is 6.94. The average molecular weight is 601 g/mol. The quantitative estimate of drug-likeness (QED) is 0.175. The summed E-state index contributed by atoms with van der Waals surface area (Å²) in [5.74, 6) is 0. The molecular formula is C43H29BN2O. The molecule has 0 fully saturated rings. The molecule has 11 rings (SSSR count). The van der Waals surface area contributed by atoms with Crippen LogP contribution >= 0.6 is 0 Å². The summed E-state index contributed by atoms with van der Waals surface area (Å²) in [6.45, 7) is 4.70. The lowest BCUT2D eigenvalue weighted by molar-refractivity contribution is 0.632. The van der Waals surface area contributed by atoms with E-state index in [4.69, 9.17) is 4.42 Å². The molecule has 0 spiro atoms. The van der Waals surface area contributed by atoms with Crippen molar-refractivity contribution in [2.75, 3.05) is 9.71 Å². The average Bonchev–Trinajstić information content (AvgIpc) is 3.50. The molecule has 0 bridgehead atoms. The van der Waals surface area contributed by atoms with Crippen molar-refractivity contribution in [2.24, 2.45) is 0 Å². The molecule has 0 radical (unpaired) electrons. The number of fused-ring (bicyclic) bond motifs is 11. The van der Waals surface area contributed by atoms with Gasteiger partial charge in [0, 0.05) is 38.5 Å². The number of nitrogens with zero attached hydrogens (tertiary/aromatic N) is 2. The predicted molar refractivity (Wildman–Crippen MR) is 197 cm³/mol. The standard InChI is InChI=1S/C43H29BN2O/c1-43(2)32-18-7-9-22-36(32)45-40-27-14-4-3-13-26(27)25-31-28-15-5-8-21-35(28)46(44(39(31)40)34-20-12-19-33(43)41(34)45)37-23-11-17-30-29-16-6-10-24-38(29)47-42(30)37/h3-25H,1-2H3. The van der Waals surface area contributed by atoms with Crippen molar-refractivity contribution in [2.45, 2.75) is 19.3 Å². The van der Waals surface area contributed by atoms with E-state index in [1.807, 2.05) is 0 Å². The molecule has 3 aliphatic rings. The molecule has 0 amide bonds. The molecule has 220 valence electrons. The molecule has 3 nitrogen and oxygen atoms in total. The SMILES string of the molecule is CC1(C)c2ccccc2N2c3c(cccc31)B1c3c(cc4ccccc4c32)-c2ccccc2N1c1cccc2c1oc1ccccc12. The van der Waals surface area contributed by atoms with Crippen LogP contribution in [0.3, 0.4) is 0 Å². The van der Waals surface area contributed by atoms with E-state index in [-0.39, 0.29) is 12.3 Å². The molecule has 0 aliphatic carbocycles. The van der Waals surface area contributed by atoms with E-state index >= 15 is 0 Å². The third-order valence-electron chi connectivity index (χ3n) is 11.0. The fraction of sp³-hybridized carbons (Fsp3) is 0.0698. The van der Waals surface area contributed by atoms with Crippen molar-refractivity contribution in [3.05, 3.63) is 151 Å². The Hall–Kier alpha value is -5.74. The van der Waals surface area contributed by atoms with Gasteiger partial charge in [-0.2, -0.15) is 0 Å². The molecule has 47 heavy (non-hydrogen) atoms. The maximum absolute atomic E-state index is 6.74. The minimum atomic E-state index is -0.167. The first kappa shape index (κ1) is 25.5. The van der Waals surface area contributed by atoms with Crippen molar-refractivity contribution in [3.8, 4) is 11.1 Å². The van der Waals surface area contributed by atoms with Crippen LogP contribution in [0.25, 0.3) is 43.8 Å². The number of anilines is 5. The Balaban J connectivity index is 1.33. The van der Waals surface area contributed by atoms with Crippen LogP contribution in [0.1, 0.15) is 25.0 Å². The normalized spacial score (nSPS) is 15.1. The summed E-state index contributed by atoms with van der Waals surface area (Å²) in [5.41, 5.74) is 15.7. The number of hydrogen-bond donors (Lipinski definition) is 0. The Bertz CT molecular complexity index is 2650. The van der Waals surface area contributed by atoms with Gasteiger partial charge in [0.2, 0.25) is 0 Å². The van der Waals surface area contributed by atoms with E-state index < -0.39 is 0 Å². The fourth-order valence-corrected chi connectivity index (χ4v) is 8.98. The first-order valence-electron chi connectivity index (χ1n) is 16.5. The van der Waals surface area contributed by atoms with Gasteiger partial charge in [-0.1, -0.05) is 123 Å². The van der Waals surface area contributed by atoms with Crippen molar-refractivity contribution >= 4 is 78.9 Å². The molecule has 0 unspecified atom stereocenters. The maximum Gasteiger partial charge on any atom is 0.333 e. The van der Waals surface area contributed by atoms with Crippen LogP contribution in [-0.4, -0.2) is 6.85 Å². The van der Waals surface area contributed by atoms with E-state index in [9.17, 15) is 0 Å². The molecule has 3 aliphatic heterocycles. The van der Waals surface area contributed by atoms with Gasteiger partial charge in [0.1, 0.15) is 5.58 Å². The van der Waals surface area contributed by atoms with Crippen molar-refractivity contribution < 1.29 is 4.42 Å². The molecule has 0 atom stereocenters. The highest BCUT2D eigenvalue weighted by Gasteiger charge is 2.50. The van der Waals surface area contributed by atoms with Gasteiger partial charge >= 0.3 is 6.85 Å². The lowest BCUT2D eigenvalue weighted by Crippen LogP contribution is -2.62. The number of furan rings is 1. The van der Waals surface area contributed by atoms with E-state index in [1.54, 1.807) is 0 Å². The van der Waals surface area contributed by atoms with Crippen LogP contribution in [0.2, 0.25) is 0 Å². The number of para-hydroxylation sites is 5. The Morgan fingerprint density at radius 1 is 0.553 bits per heavy atom. The van der Waals surface area contributed by atoms with E-state index in [0.717, 1.165) is 27.6 Å². The number of rotatable bonds is 1. The second-order valence-electron chi connectivity index (χ2n) is 13.7. The Morgan fingerprint density at radius 3 is 2.15 bits per heavy atom. The van der Waals surface area contributed by atoms with Gasteiger partial charge in [-0.15, -0.1) is 0 Å². The first-order chi connectivity index (χ1) is 23.1. The highest BCUT2D eigenvalue weighted by Crippen LogP contribution is 2.56. The van der Waals surface area contributed by atoms with Crippen LogP contribution in [0.4, 0.5) is 28.4 Å². The van der Waals surface area contributed by atoms with Crippen molar-refractivity contribution in [1.29, 1.82) is 0 Å². The summed E-state index contributed by atoms with van der Waals surface area (Å²) in [6.07, 6.45) is 0. The smallest absolute Gasteiger partial charge is 0.333 e. The fourth-order valence-electron chi connectivity index (χ4n) is 8.98. The molecule has 4 heteroatoms. The third kappa shape index (κ3) is 3.08. The van der Waals surface area contributed by atoms with Crippen LogP contribution in [0, 0.1) is 0 Å². The highest BCUT2D eigenvalue weighted by atomic mass is 16.3. The molecule has 1 aromatic heterocycles. The summed E-state index contributed by atoms with van der Waals surface area (Å²) in [6, 6.07) is 51.3. The second kappa shape index (κ2) is 8.74. The van der Waals surface area contributed by atoms with Crippen LogP contribution in [0.15, 0.2) is 144 Å². The zero-order chi connectivity index (χ0) is 31.0. The first-order valence-corrected chi connectivity index (χ1v) is 16.5. The van der Waals surface area contributed by atoms with E-state index in [1.165, 1.54) is 66.7 Å². The van der Waals surface area contributed by atoms with Gasteiger partial charge in [0.15, 0.2) is 5.58 Å². The largest absolute Gasteiger partial charge is 0.454 e. The van der Waals surface area contributed by atoms with Gasteiger partial charge in [0.25, 0.3) is 0 Å². The minimum Gasteiger partial charge on any atom is -0.454 e. The lowest BCUT2D eigenvalue weighted by atomic mass is 9.42. The molecular weight excluding hydrogens is 571 g/mol. The summed E-state index contributed by atoms with van der Waals surface area (Å²) in [5, 5.41) is 4.81. The number of benzene rings is 7. The number of hydrogen-bond acceptors (Lipinski definition) is 3. The Morgan fingerprint density at radius 2 is 1.23 bits per heavy atom. The molecule has 4 heterocycles.